The zero-order valence-corrected chi connectivity index (χ0v) is 24.4. The van der Waals surface area contributed by atoms with Crippen LogP contribution in [0.2, 0.25) is 0 Å². The van der Waals surface area contributed by atoms with Crippen molar-refractivity contribution in [3.05, 3.63) is 136 Å². The largest absolute Gasteiger partial charge is 0.348 e. The number of amides is 2. The topological polar surface area (TPSA) is 49.4 Å². The van der Waals surface area contributed by atoms with Crippen molar-refractivity contribution in [3.63, 3.8) is 0 Å². The molecule has 0 bridgehead atoms. The highest BCUT2D eigenvalue weighted by molar-refractivity contribution is 6.10. The summed E-state index contributed by atoms with van der Waals surface area (Å²) in [4.78, 5) is 25.1. The van der Waals surface area contributed by atoms with E-state index in [0.717, 1.165) is 33.5 Å². The smallest absolute Gasteiger partial charge is 0.258 e. The first kappa shape index (κ1) is 40.0. The van der Waals surface area contributed by atoms with Gasteiger partial charge in [-0.1, -0.05) is 129 Å². The Kier molecular flexibility index (Phi) is 19.7. The van der Waals surface area contributed by atoms with Crippen molar-refractivity contribution in [1.29, 1.82) is 0 Å². The van der Waals surface area contributed by atoms with E-state index >= 15 is 0 Å². The molecule has 1 N–H and O–H groups in total. The fourth-order valence-electron chi connectivity index (χ4n) is 4.14. The Balaban J connectivity index is 0. The summed E-state index contributed by atoms with van der Waals surface area (Å²) in [7, 11) is 0. The number of hydrogen-bond acceptors (Lipinski definition) is 2. The number of nitrogens with zero attached hydrogens (tertiary/aromatic N) is 1. The van der Waals surface area contributed by atoms with Crippen LogP contribution in [-0.4, -0.2) is 11.8 Å². The Hall–Kier alpha value is -4.18. The van der Waals surface area contributed by atoms with E-state index < -0.39 is 0 Å². The predicted octanol–water partition coefficient (Wildman–Crippen LogP) is 10.3. The van der Waals surface area contributed by atoms with E-state index in [1.807, 2.05) is 112 Å². The highest BCUT2D eigenvalue weighted by atomic mass is 16.2. The van der Waals surface area contributed by atoms with Gasteiger partial charge in [-0.05, 0) is 66.8 Å². The molecule has 0 unspecified atom stereocenters. The summed E-state index contributed by atoms with van der Waals surface area (Å²) < 4.78 is 0. The van der Waals surface area contributed by atoms with Gasteiger partial charge in [0.15, 0.2) is 0 Å². The first-order chi connectivity index (χ1) is 19.0. The summed E-state index contributed by atoms with van der Waals surface area (Å²) in [5.41, 5.74) is 8.74. The molecule has 2 aliphatic rings. The van der Waals surface area contributed by atoms with Crippen LogP contribution in [0.15, 0.2) is 97.1 Å². The molecular weight excluding hydrogens is 516 g/mol. The lowest BCUT2D eigenvalue weighted by atomic mass is 10.1. The summed E-state index contributed by atoms with van der Waals surface area (Å²) in [6, 6.07) is 31.8. The van der Waals surface area contributed by atoms with Crippen molar-refractivity contribution in [3.8, 4) is 0 Å². The van der Waals surface area contributed by atoms with Gasteiger partial charge >= 0.3 is 0 Å². The van der Waals surface area contributed by atoms with Gasteiger partial charge in [0, 0.05) is 23.4 Å². The van der Waals surface area contributed by atoms with Crippen molar-refractivity contribution in [2.24, 2.45) is 0 Å². The molecule has 6 rings (SSSR count). The average Bonchev–Trinajstić information content (AvgIpc) is 3.53. The van der Waals surface area contributed by atoms with E-state index in [4.69, 9.17) is 0 Å². The number of carbonyl (C=O) groups excluding carboxylic acids is 2. The number of anilines is 1. The maximum Gasteiger partial charge on any atom is 0.258 e. The highest BCUT2D eigenvalue weighted by Gasteiger charge is 2.28. The number of hydrogen-bond donors (Lipinski definition) is 1. The van der Waals surface area contributed by atoms with E-state index in [1.165, 1.54) is 11.1 Å². The Labute approximate surface area is 256 Å². The molecule has 2 aliphatic heterocycles. The zero-order chi connectivity index (χ0) is 28.8. The van der Waals surface area contributed by atoms with E-state index in [1.54, 1.807) is 0 Å². The summed E-state index contributed by atoms with van der Waals surface area (Å²) >= 11 is 0. The van der Waals surface area contributed by atoms with Crippen molar-refractivity contribution < 1.29 is 9.59 Å². The third kappa shape index (κ3) is 10.3. The molecular formula is C38H54N2O2. The van der Waals surface area contributed by atoms with Gasteiger partial charge < -0.3 is 10.2 Å². The van der Waals surface area contributed by atoms with Crippen LogP contribution in [0, 0.1) is 20.8 Å². The Morgan fingerprint density at radius 1 is 0.548 bits per heavy atom. The number of aryl methyl sites for hydroxylation is 3. The number of rotatable bonds is 1. The number of carbonyl (C=O) groups is 2. The van der Waals surface area contributed by atoms with Gasteiger partial charge in [0.05, 0.1) is 6.54 Å². The van der Waals surface area contributed by atoms with Gasteiger partial charge in [0.1, 0.15) is 0 Å². The third-order valence-corrected chi connectivity index (χ3v) is 6.35. The molecule has 228 valence electrons. The molecule has 42 heavy (non-hydrogen) atoms. The quantitative estimate of drug-likeness (QED) is 0.247. The summed E-state index contributed by atoms with van der Waals surface area (Å²) in [5.74, 6) is 0.158. The van der Waals surface area contributed by atoms with E-state index in [0.29, 0.717) is 13.1 Å². The van der Waals surface area contributed by atoms with Gasteiger partial charge in [-0.2, -0.15) is 0 Å². The van der Waals surface area contributed by atoms with Gasteiger partial charge in [-0.3, -0.25) is 9.59 Å². The second-order valence-corrected chi connectivity index (χ2v) is 8.76. The lowest BCUT2D eigenvalue weighted by molar-refractivity contribution is 0.0964. The van der Waals surface area contributed by atoms with Crippen LogP contribution in [0.4, 0.5) is 5.69 Å². The normalized spacial score (nSPS) is 11.2. The van der Waals surface area contributed by atoms with Crippen molar-refractivity contribution in [2.45, 2.75) is 83.8 Å². The molecule has 0 atom stereocenters. The fraction of sp³-hybridized carbons (Fsp3) is 0.316. The standard InChI is InChI=1S/C15H13NO.C8H7NO.C8H10.2C2H6.3CH4/c1-11-6-2-5-9-14(11)16-10-12-7-3-4-8-13(12)15(16)17;10-8-7-4-2-1-3-6(7)5-9-8;1-7-5-3-4-6-8(7)2;2*1-2;;;/h2-9H,10H2,1H3;1-4H,5H2,(H,9,10);3-6H,1-2H3;2*1-2H3;3*1H4. The molecule has 0 saturated heterocycles. The van der Waals surface area contributed by atoms with Gasteiger partial charge in [0.25, 0.3) is 11.8 Å². The van der Waals surface area contributed by atoms with Crippen LogP contribution in [0.25, 0.3) is 0 Å². The predicted molar refractivity (Wildman–Crippen MR) is 185 cm³/mol. The second kappa shape index (κ2) is 20.7. The molecule has 0 fully saturated rings. The first-order valence-corrected chi connectivity index (χ1v) is 13.8. The van der Waals surface area contributed by atoms with Gasteiger partial charge in [-0.25, -0.2) is 0 Å². The number of para-hydroxylation sites is 1. The molecule has 0 aromatic heterocycles. The van der Waals surface area contributed by atoms with E-state index in [-0.39, 0.29) is 34.1 Å². The maximum atomic E-state index is 12.3. The molecule has 4 aromatic rings. The number of nitrogens with one attached hydrogen (secondary N) is 1. The molecule has 0 radical (unpaired) electrons. The maximum absolute atomic E-state index is 12.3. The highest BCUT2D eigenvalue weighted by Crippen LogP contribution is 2.29. The van der Waals surface area contributed by atoms with Crippen molar-refractivity contribution in [1.82, 2.24) is 5.32 Å². The molecule has 2 amide bonds. The molecule has 0 aliphatic carbocycles. The first-order valence-electron chi connectivity index (χ1n) is 13.8. The van der Waals surface area contributed by atoms with Crippen LogP contribution in [0.1, 0.15) is 98.5 Å². The second-order valence-electron chi connectivity index (χ2n) is 8.76. The van der Waals surface area contributed by atoms with Crippen molar-refractivity contribution >= 4 is 17.5 Å². The summed E-state index contributed by atoms with van der Waals surface area (Å²) in [6.07, 6.45) is 0. The van der Waals surface area contributed by atoms with Gasteiger partial charge in [0.2, 0.25) is 0 Å². The Morgan fingerprint density at radius 2 is 0.976 bits per heavy atom. The molecule has 2 heterocycles. The monoisotopic (exact) mass is 570 g/mol. The van der Waals surface area contributed by atoms with Crippen LogP contribution in [0.5, 0.6) is 0 Å². The van der Waals surface area contributed by atoms with Crippen LogP contribution >= 0.6 is 0 Å². The lowest BCUT2D eigenvalue weighted by Crippen LogP contribution is -2.23. The Bertz CT molecular complexity index is 1340. The summed E-state index contributed by atoms with van der Waals surface area (Å²) in [6.45, 7) is 15.6. The molecule has 4 heteroatoms. The SMILES string of the molecule is C.C.C.CC.CC.Cc1ccccc1C.Cc1ccccc1N1Cc2ccccc2C1=O.O=C1NCc2ccccc21. The van der Waals surface area contributed by atoms with Crippen LogP contribution in [-0.2, 0) is 13.1 Å². The van der Waals surface area contributed by atoms with E-state index in [9.17, 15) is 9.59 Å². The minimum atomic E-state index is 0. The lowest BCUT2D eigenvalue weighted by Gasteiger charge is -2.17. The minimum absolute atomic E-state index is 0. The Morgan fingerprint density at radius 3 is 1.45 bits per heavy atom. The minimum Gasteiger partial charge on any atom is -0.348 e. The average molecular weight is 571 g/mol. The summed E-state index contributed by atoms with van der Waals surface area (Å²) in [5, 5.41) is 2.75. The zero-order valence-electron chi connectivity index (χ0n) is 24.4. The van der Waals surface area contributed by atoms with Crippen molar-refractivity contribution in [2.75, 3.05) is 4.90 Å². The van der Waals surface area contributed by atoms with Crippen LogP contribution in [0.3, 0.4) is 0 Å². The van der Waals surface area contributed by atoms with Gasteiger partial charge in [-0.15, -0.1) is 0 Å². The molecule has 4 aromatic carbocycles. The number of fused-ring (bicyclic) bond motifs is 2. The molecule has 4 nitrogen and oxygen atoms in total. The number of benzene rings is 4. The molecule has 0 saturated carbocycles. The third-order valence-electron chi connectivity index (χ3n) is 6.35. The van der Waals surface area contributed by atoms with Crippen LogP contribution < -0.4 is 10.2 Å². The molecule has 0 spiro atoms. The fourth-order valence-corrected chi connectivity index (χ4v) is 4.14. The van der Waals surface area contributed by atoms with E-state index in [2.05, 4.69) is 43.4 Å².